The predicted molar refractivity (Wildman–Crippen MR) is 91.4 cm³/mol. The van der Waals surface area contributed by atoms with E-state index in [0.29, 0.717) is 29.7 Å². The van der Waals surface area contributed by atoms with Crippen LogP contribution in [0.25, 0.3) is 0 Å². The summed E-state index contributed by atoms with van der Waals surface area (Å²) in [5, 5.41) is 0.657. The van der Waals surface area contributed by atoms with Gasteiger partial charge in [0.25, 0.3) is 0 Å². The van der Waals surface area contributed by atoms with E-state index in [1.165, 1.54) is 24.0 Å². The average molecular weight is 380 g/mol. The summed E-state index contributed by atoms with van der Waals surface area (Å²) in [5.74, 6) is 2.16. The Morgan fingerprint density at radius 1 is 1.05 bits per heavy atom. The van der Waals surface area contributed by atoms with Crippen LogP contribution in [0.4, 0.5) is 0 Å². The molecule has 0 unspecified atom stereocenters. The zero-order chi connectivity index (χ0) is 15.1. The molecule has 0 spiro atoms. The Morgan fingerprint density at radius 2 is 1.73 bits per heavy atom. The molecule has 2 aliphatic rings. The number of hydrogen-bond acceptors (Lipinski definition) is 2. The second-order valence-electron chi connectivity index (χ2n) is 5.88. The van der Waals surface area contributed by atoms with Gasteiger partial charge < -0.3 is 9.47 Å². The lowest BCUT2D eigenvalue weighted by Gasteiger charge is -2.22. The summed E-state index contributed by atoms with van der Waals surface area (Å²) in [5.41, 5.74) is 3.77. The predicted octanol–water partition coefficient (Wildman–Crippen LogP) is 5.34. The summed E-state index contributed by atoms with van der Waals surface area (Å²) in [4.78, 5) is 0. The molecule has 2 aromatic carbocycles. The Morgan fingerprint density at radius 3 is 2.41 bits per heavy atom. The first kappa shape index (κ1) is 14.4. The van der Waals surface area contributed by atoms with E-state index in [1.807, 2.05) is 6.07 Å². The SMILES string of the molecule is Clc1c(Cc2ccc(C3CC3)cc2)cc(Br)c2c1OCCO2. The van der Waals surface area contributed by atoms with E-state index in [-0.39, 0.29) is 0 Å². The lowest BCUT2D eigenvalue weighted by Crippen LogP contribution is -2.16. The number of fused-ring (bicyclic) bond motifs is 1. The lowest BCUT2D eigenvalue weighted by atomic mass is 10.0. The molecule has 0 radical (unpaired) electrons. The summed E-state index contributed by atoms with van der Waals surface area (Å²) in [7, 11) is 0. The standard InChI is InChI=1S/C18H16BrClO2/c19-15-10-14(16(20)18-17(15)21-7-8-22-18)9-11-1-3-12(4-2-11)13-5-6-13/h1-4,10,13H,5-9H2. The van der Waals surface area contributed by atoms with Gasteiger partial charge in [-0.25, -0.2) is 0 Å². The fourth-order valence-corrected chi connectivity index (χ4v) is 3.69. The average Bonchev–Trinajstić information content (AvgIpc) is 3.38. The Hall–Kier alpha value is -1.19. The zero-order valence-corrected chi connectivity index (χ0v) is 14.4. The van der Waals surface area contributed by atoms with Gasteiger partial charge in [0, 0.05) is 0 Å². The minimum atomic E-state index is 0.540. The molecule has 114 valence electrons. The van der Waals surface area contributed by atoms with Crippen LogP contribution in [0.5, 0.6) is 11.5 Å². The highest BCUT2D eigenvalue weighted by molar-refractivity contribution is 9.10. The summed E-state index contributed by atoms with van der Waals surface area (Å²) in [6, 6.07) is 10.9. The normalized spacial score (nSPS) is 16.6. The van der Waals surface area contributed by atoms with Crippen molar-refractivity contribution in [3.05, 3.63) is 56.5 Å². The van der Waals surface area contributed by atoms with Crippen LogP contribution in [0.2, 0.25) is 5.02 Å². The minimum Gasteiger partial charge on any atom is -0.485 e. The Balaban J connectivity index is 1.63. The molecule has 0 atom stereocenters. The maximum Gasteiger partial charge on any atom is 0.181 e. The van der Waals surface area contributed by atoms with Crippen LogP contribution in [-0.4, -0.2) is 13.2 Å². The molecule has 0 bridgehead atoms. The Bertz CT molecular complexity index is 708. The molecule has 0 aromatic heterocycles. The van der Waals surface area contributed by atoms with E-state index in [1.54, 1.807) is 0 Å². The summed E-state index contributed by atoms with van der Waals surface area (Å²) in [6.45, 7) is 1.10. The molecule has 2 nitrogen and oxygen atoms in total. The van der Waals surface area contributed by atoms with Crippen molar-refractivity contribution < 1.29 is 9.47 Å². The summed E-state index contributed by atoms with van der Waals surface area (Å²) >= 11 is 10.1. The van der Waals surface area contributed by atoms with Crippen molar-refractivity contribution in [2.24, 2.45) is 0 Å². The topological polar surface area (TPSA) is 18.5 Å². The maximum atomic E-state index is 6.51. The third-order valence-electron chi connectivity index (χ3n) is 4.20. The number of benzene rings is 2. The van der Waals surface area contributed by atoms with Gasteiger partial charge in [0.1, 0.15) is 13.2 Å². The molecule has 1 saturated carbocycles. The molecule has 2 aromatic rings. The van der Waals surface area contributed by atoms with E-state index in [2.05, 4.69) is 40.2 Å². The molecular weight excluding hydrogens is 364 g/mol. The van der Waals surface area contributed by atoms with Gasteiger partial charge in [0.15, 0.2) is 11.5 Å². The van der Waals surface area contributed by atoms with Gasteiger partial charge in [0.05, 0.1) is 9.50 Å². The highest BCUT2D eigenvalue weighted by Crippen LogP contribution is 2.45. The molecular formula is C18H16BrClO2. The molecule has 4 rings (SSSR count). The smallest absolute Gasteiger partial charge is 0.181 e. The molecule has 0 saturated heterocycles. The van der Waals surface area contributed by atoms with E-state index < -0.39 is 0 Å². The Labute approximate surface area is 143 Å². The van der Waals surface area contributed by atoms with Gasteiger partial charge in [-0.2, -0.15) is 0 Å². The van der Waals surface area contributed by atoms with E-state index in [4.69, 9.17) is 21.1 Å². The van der Waals surface area contributed by atoms with Crippen LogP contribution >= 0.6 is 27.5 Å². The second-order valence-corrected chi connectivity index (χ2v) is 7.11. The third-order valence-corrected chi connectivity index (χ3v) is 5.21. The van der Waals surface area contributed by atoms with Gasteiger partial charge in [-0.3, -0.25) is 0 Å². The van der Waals surface area contributed by atoms with Crippen molar-refractivity contribution in [2.75, 3.05) is 13.2 Å². The Kier molecular flexibility index (Phi) is 3.79. The van der Waals surface area contributed by atoms with Gasteiger partial charge in [-0.05, 0) is 63.9 Å². The first-order chi connectivity index (χ1) is 10.7. The first-order valence-electron chi connectivity index (χ1n) is 7.57. The largest absolute Gasteiger partial charge is 0.485 e. The first-order valence-corrected chi connectivity index (χ1v) is 8.75. The molecule has 1 aliphatic heterocycles. The van der Waals surface area contributed by atoms with Crippen LogP contribution in [0, 0.1) is 0 Å². The summed E-state index contributed by atoms with van der Waals surface area (Å²) in [6.07, 6.45) is 3.46. The molecule has 0 amide bonds. The van der Waals surface area contributed by atoms with Gasteiger partial charge in [-0.1, -0.05) is 35.9 Å². The lowest BCUT2D eigenvalue weighted by molar-refractivity contribution is 0.170. The van der Waals surface area contributed by atoms with Gasteiger partial charge >= 0.3 is 0 Å². The van der Waals surface area contributed by atoms with E-state index >= 15 is 0 Å². The molecule has 0 N–H and O–H groups in total. The van der Waals surface area contributed by atoms with Crippen LogP contribution < -0.4 is 9.47 Å². The maximum absolute atomic E-state index is 6.51. The third kappa shape index (κ3) is 2.72. The summed E-state index contributed by atoms with van der Waals surface area (Å²) < 4.78 is 12.2. The highest BCUT2D eigenvalue weighted by atomic mass is 79.9. The van der Waals surface area contributed by atoms with E-state index in [9.17, 15) is 0 Å². The van der Waals surface area contributed by atoms with E-state index in [0.717, 1.165) is 22.4 Å². The van der Waals surface area contributed by atoms with Crippen molar-refractivity contribution in [1.29, 1.82) is 0 Å². The molecule has 22 heavy (non-hydrogen) atoms. The number of rotatable bonds is 3. The quantitative estimate of drug-likeness (QED) is 0.716. The van der Waals surface area contributed by atoms with Gasteiger partial charge in [-0.15, -0.1) is 0 Å². The van der Waals surface area contributed by atoms with Crippen LogP contribution in [0.1, 0.15) is 35.4 Å². The van der Waals surface area contributed by atoms with Crippen LogP contribution in [-0.2, 0) is 6.42 Å². The number of hydrogen-bond donors (Lipinski definition) is 0. The van der Waals surface area contributed by atoms with Crippen molar-refractivity contribution >= 4 is 27.5 Å². The molecule has 1 fully saturated rings. The molecule has 1 aliphatic carbocycles. The van der Waals surface area contributed by atoms with Crippen molar-refractivity contribution in [3.63, 3.8) is 0 Å². The highest BCUT2D eigenvalue weighted by Gasteiger charge is 2.24. The fraction of sp³-hybridized carbons (Fsp3) is 0.333. The van der Waals surface area contributed by atoms with Crippen molar-refractivity contribution in [2.45, 2.75) is 25.2 Å². The van der Waals surface area contributed by atoms with Crippen LogP contribution in [0.15, 0.2) is 34.8 Å². The van der Waals surface area contributed by atoms with Crippen LogP contribution in [0.3, 0.4) is 0 Å². The number of halogens is 2. The zero-order valence-electron chi connectivity index (χ0n) is 12.1. The molecule has 4 heteroatoms. The second kappa shape index (κ2) is 5.78. The molecule has 1 heterocycles. The number of ether oxygens (including phenoxy) is 2. The van der Waals surface area contributed by atoms with Crippen molar-refractivity contribution in [3.8, 4) is 11.5 Å². The monoisotopic (exact) mass is 378 g/mol. The van der Waals surface area contributed by atoms with Gasteiger partial charge in [0.2, 0.25) is 0 Å². The fourth-order valence-electron chi connectivity index (χ4n) is 2.86. The minimum absolute atomic E-state index is 0.540. The van der Waals surface area contributed by atoms with Crippen molar-refractivity contribution in [1.82, 2.24) is 0 Å².